The van der Waals surface area contributed by atoms with E-state index in [1.54, 1.807) is 6.07 Å². The lowest BCUT2D eigenvalue weighted by molar-refractivity contribution is -0.141. The van der Waals surface area contributed by atoms with E-state index >= 15 is 0 Å². The number of phenolic OH excluding ortho intramolecular Hbond substituents is 1. The van der Waals surface area contributed by atoms with E-state index in [-0.39, 0.29) is 17.7 Å². The summed E-state index contributed by atoms with van der Waals surface area (Å²) < 4.78 is 23.0. The number of hydrogen-bond acceptors (Lipinski definition) is 5. The quantitative estimate of drug-likeness (QED) is 0.575. The minimum Gasteiger partial charge on any atom is -0.508 e. The van der Waals surface area contributed by atoms with E-state index < -0.39 is 24.2 Å². The van der Waals surface area contributed by atoms with Crippen LogP contribution in [0.4, 0.5) is 4.39 Å². The van der Waals surface area contributed by atoms with Gasteiger partial charge in [-0.15, -0.1) is 0 Å². The number of halogens is 1. The van der Waals surface area contributed by atoms with E-state index in [1.807, 2.05) is 0 Å². The third-order valence-electron chi connectivity index (χ3n) is 3.50. The molecule has 0 atom stereocenters. The summed E-state index contributed by atoms with van der Waals surface area (Å²) in [5.74, 6) is -1.37. The molecule has 0 unspecified atom stereocenters. The van der Waals surface area contributed by atoms with Gasteiger partial charge in [-0.1, -0.05) is 0 Å². The molecule has 0 aliphatic heterocycles. The van der Waals surface area contributed by atoms with Gasteiger partial charge >= 0.3 is 5.97 Å². The molecule has 0 saturated carbocycles. The van der Waals surface area contributed by atoms with Crippen molar-refractivity contribution < 1.29 is 28.2 Å². The molecule has 6 heteroatoms. The number of aromatic hydroxyl groups is 1. The first-order valence-corrected chi connectivity index (χ1v) is 7.16. The van der Waals surface area contributed by atoms with Crippen LogP contribution in [-0.4, -0.2) is 23.5 Å². The van der Waals surface area contributed by atoms with Crippen molar-refractivity contribution in [1.82, 2.24) is 0 Å². The third kappa shape index (κ3) is 3.43. The number of phenols is 1. The van der Waals surface area contributed by atoms with Crippen LogP contribution in [0.5, 0.6) is 5.75 Å². The van der Waals surface area contributed by atoms with Gasteiger partial charge in [-0.2, -0.15) is 0 Å². The number of hydrogen-bond donors (Lipinski definition) is 1. The van der Waals surface area contributed by atoms with Gasteiger partial charge in [-0.25, -0.2) is 4.39 Å². The lowest BCUT2D eigenvalue weighted by Crippen LogP contribution is -2.15. The second-order valence-electron chi connectivity index (χ2n) is 5.21. The Labute approximate surface area is 136 Å². The van der Waals surface area contributed by atoms with Crippen LogP contribution in [0.15, 0.2) is 53.1 Å². The average Bonchev–Trinajstić information content (AvgIpc) is 2.95. The van der Waals surface area contributed by atoms with Crippen molar-refractivity contribution in [3.8, 4) is 5.75 Å². The number of carbonyl (C=O) groups is 2. The van der Waals surface area contributed by atoms with Crippen LogP contribution < -0.4 is 0 Å². The molecule has 0 spiro atoms. The van der Waals surface area contributed by atoms with Gasteiger partial charge in [0.25, 0.3) is 0 Å². The smallest absolute Gasteiger partial charge is 0.310 e. The normalized spacial score (nSPS) is 10.7. The molecular weight excluding hydrogens is 315 g/mol. The number of benzene rings is 2. The third-order valence-corrected chi connectivity index (χ3v) is 3.50. The van der Waals surface area contributed by atoms with Crippen molar-refractivity contribution in [2.45, 2.75) is 6.42 Å². The number of rotatable bonds is 5. The molecule has 5 nitrogen and oxygen atoms in total. The topological polar surface area (TPSA) is 76.7 Å². The van der Waals surface area contributed by atoms with Crippen LogP contribution in [0.2, 0.25) is 0 Å². The fourth-order valence-corrected chi connectivity index (χ4v) is 2.28. The largest absolute Gasteiger partial charge is 0.508 e. The summed E-state index contributed by atoms with van der Waals surface area (Å²) in [4.78, 5) is 23.8. The molecule has 1 aromatic heterocycles. The Hall–Kier alpha value is -3.15. The van der Waals surface area contributed by atoms with Crippen molar-refractivity contribution in [1.29, 1.82) is 0 Å². The Morgan fingerprint density at radius 2 is 1.88 bits per heavy atom. The van der Waals surface area contributed by atoms with Gasteiger partial charge in [0.15, 0.2) is 12.4 Å². The molecule has 0 aliphatic rings. The van der Waals surface area contributed by atoms with Crippen molar-refractivity contribution in [3.63, 3.8) is 0 Å². The Morgan fingerprint density at radius 3 is 2.62 bits per heavy atom. The monoisotopic (exact) mass is 328 g/mol. The highest BCUT2D eigenvalue weighted by molar-refractivity contribution is 5.98. The number of carbonyl (C=O) groups excluding carboxylic acids is 2. The van der Waals surface area contributed by atoms with Crippen LogP contribution >= 0.6 is 0 Å². The minimum absolute atomic E-state index is 0.0610. The van der Waals surface area contributed by atoms with E-state index in [2.05, 4.69) is 0 Å². The summed E-state index contributed by atoms with van der Waals surface area (Å²) in [7, 11) is 0. The molecule has 3 rings (SSSR count). The molecular formula is C18H13FO5. The zero-order valence-corrected chi connectivity index (χ0v) is 12.5. The maximum Gasteiger partial charge on any atom is 0.310 e. The standard InChI is InChI=1S/C18H13FO5/c19-13-3-1-11(2-4-13)16(21)10-24-18(22)7-12-9-23-17-8-14(20)5-6-15(12)17/h1-6,8-9,20H,7,10H2. The molecule has 122 valence electrons. The maximum atomic E-state index is 12.8. The van der Waals surface area contributed by atoms with Crippen LogP contribution in [0.1, 0.15) is 15.9 Å². The predicted octanol–water partition coefficient (Wildman–Crippen LogP) is 3.25. The Balaban J connectivity index is 1.61. The highest BCUT2D eigenvalue weighted by atomic mass is 19.1. The highest BCUT2D eigenvalue weighted by Gasteiger charge is 2.14. The number of ketones is 1. The fraction of sp³-hybridized carbons (Fsp3) is 0.111. The first kappa shape index (κ1) is 15.7. The summed E-state index contributed by atoms with van der Waals surface area (Å²) in [6.45, 7) is -0.416. The van der Waals surface area contributed by atoms with Crippen molar-refractivity contribution >= 4 is 22.7 Å². The predicted molar refractivity (Wildman–Crippen MR) is 83.3 cm³/mol. The number of ether oxygens (including phenoxy) is 1. The van der Waals surface area contributed by atoms with Crippen LogP contribution in [0.3, 0.4) is 0 Å². The van der Waals surface area contributed by atoms with Crippen molar-refractivity contribution in [3.05, 3.63) is 65.7 Å². The van der Waals surface area contributed by atoms with Gasteiger partial charge in [0.1, 0.15) is 17.1 Å². The summed E-state index contributed by atoms with van der Waals surface area (Å²) in [5.41, 5.74) is 1.33. The van der Waals surface area contributed by atoms with Gasteiger partial charge in [-0.3, -0.25) is 9.59 Å². The molecule has 0 radical (unpaired) electrons. The number of fused-ring (bicyclic) bond motifs is 1. The van der Waals surface area contributed by atoms with E-state index in [0.717, 1.165) is 0 Å². The summed E-state index contributed by atoms with van der Waals surface area (Å²) in [5, 5.41) is 10.1. The maximum absolute atomic E-state index is 12.8. The molecule has 0 aliphatic carbocycles. The fourth-order valence-electron chi connectivity index (χ4n) is 2.28. The molecule has 1 N–H and O–H groups in total. The minimum atomic E-state index is -0.582. The van der Waals surface area contributed by atoms with Gasteiger partial charge < -0.3 is 14.3 Å². The molecule has 2 aromatic carbocycles. The van der Waals surface area contributed by atoms with Gasteiger partial charge in [0, 0.05) is 22.6 Å². The highest BCUT2D eigenvalue weighted by Crippen LogP contribution is 2.25. The van der Waals surface area contributed by atoms with Crippen LogP contribution in [0.25, 0.3) is 11.0 Å². The van der Waals surface area contributed by atoms with Crippen molar-refractivity contribution in [2.24, 2.45) is 0 Å². The number of Topliss-reactive ketones (excluding diaryl/α,β-unsaturated/α-hetero) is 1. The zero-order chi connectivity index (χ0) is 17.1. The summed E-state index contributed by atoms with van der Waals surface area (Å²) in [6, 6.07) is 9.58. The second-order valence-corrected chi connectivity index (χ2v) is 5.21. The van der Waals surface area contributed by atoms with Crippen LogP contribution in [-0.2, 0) is 16.0 Å². The lowest BCUT2D eigenvalue weighted by Gasteiger charge is -2.04. The zero-order valence-electron chi connectivity index (χ0n) is 12.5. The Kier molecular flexibility index (Phi) is 4.29. The molecule has 24 heavy (non-hydrogen) atoms. The first-order valence-electron chi connectivity index (χ1n) is 7.16. The lowest BCUT2D eigenvalue weighted by atomic mass is 10.1. The summed E-state index contributed by atoms with van der Waals surface area (Å²) in [6.07, 6.45) is 1.35. The Morgan fingerprint density at radius 1 is 1.12 bits per heavy atom. The molecule has 0 saturated heterocycles. The van der Waals surface area contributed by atoms with Crippen LogP contribution in [0, 0.1) is 5.82 Å². The first-order chi connectivity index (χ1) is 11.5. The number of furan rings is 1. The van der Waals surface area contributed by atoms with E-state index in [0.29, 0.717) is 16.5 Å². The van der Waals surface area contributed by atoms with Gasteiger partial charge in [0.2, 0.25) is 0 Å². The SMILES string of the molecule is O=C(Cc1coc2cc(O)ccc12)OCC(=O)c1ccc(F)cc1. The molecule has 0 amide bonds. The molecule has 1 heterocycles. The van der Waals surface area contributed by atoms with Gasteiger partial charge in [-0.05, 0) is 36.4 Å². The number of esters is 1. The van der Waals surface area contributed by atoms with E-state index in [1.165, 1.54) is 42.7 Å². The Bertz CT molecular complexity index is 895. The molecule has 0 bridgehead atoms. The average molecular weight is 328 g/mol. The van der Waals surface area contributed by atoms with Gasteiger partial charge in [0.05, 0.1) is 12.7 Å². The summed E-state index contributed by atoms with van der Waals surface area (Å²) >= 11 is 0. The molecule has 0 fully saturated rings. The van der Waals surface area contributed by atoms with E-state index in [9.17, 15) is 19.1 Å². The second kappa shape index (κ2) is 6.54. The molecule has 3 aromatic rings. The van der Waals surface area contributed by atoms with Crippen molar-refractivity contribution in [2.75, 3.05) is 6.61 Å². The van der Waals surface area contributed by atoms with E-state index in [4.69, 9.17) is 9.15 Å².